The highest BCUT2D eigenvalue weighted by atomic mass is 16.2. The van der Waals surface area contributed by atoms with E-state index in [0.29, 0.717) is 0 Å². The fourth-order valence-electron chi connectivity index (χ4n) is 1.82. The standard InChI is InChI=1S/C14H32N4O/c1-2-16-11-7-5-9-13-18-14(19)17-12-8-4-3-6-10-15/h16H,2-13,15H2,1H3,(H2,17,18,19). The molecular weight excluding hydrogens is 240 g/mol. The SMILES string of the molecule is CCNCCCCCNC(=O)NCCCCCCN. The molecular formula is C14H32N4O. The van der Waals surface area contributed by atoms with Crippen LogP contribution < -0.4 is 21.7 Å². The van der Waals surface area contributed by atoms with Gasteiger partial charge in [0, 0.05) is 13.1 Å². The monoisotopic (exact) mass is 272 g/mol. The minimum atomic E-state index is -0.0366. The maximum atomic E-state index is 11.4. The van der Waals surface area contributed by atoms with Gasteiger partial charge in [0.15, 0.2) is 0 Å². The molecule has 0 radical (unpaired) electrons. The molecule has 0 aromatic carbocycles. The third kappa shape index (κ3) is 15.1. The maximum absolute atomic E-state index is 11.4. The Bertz CT molecular complexity index is 200. The Hall–Kier alpha value is -0.810. The van der Waals surface area contributed by atoms with Gasteiger partial charge in [-0.1, -0.05) is 26.2 Å². The molecule has 0 aromatic heterocycles. The van der Waals surface area contributed by atoms with E-state index < -0.39 is 0 Å². The van der Waals surface area contributed by atoms with Crippen molar-refractivity contribution < 1.29 is 4.79 Å². The van der Waals surface area contributed by atoms with Crippen LogP contribution in [0.3, 0.4) is 0 Å². The lowest BCUT2D eigenvalue weighted by Crippen LogP contribution is -2.36. The number of carbonyl (C=O) groups excluding carboxylic acids is 1. The Kier molecular flexibility index (Phi) is 14.6. The van der Waals surface area contributed by atoms with Gasteiger partial charge in [0.05, 0.1) is 0 Å². The van der Waals surface area contributed by atoms with E-state index in [9.17, 15) is 4.79 Å². The molecule has 19 heavy (non-hydrogen) atoms. The lowest BCUT2D eigenvalue weighted by Gasteiger charge is -2.07. The van der Waals surface area contributed by atoms with Crippen LogP contribution in [0.15, 0.2) is 0 Å². The molecule has 0 fully saturated rings. The molecule has 0 rings (SSSR count). The largest absolute Gasteiger partial charge is 0.338 e. The molecule has 0 aliphatic heterocycles. The van der Waals surface area contributed by atoms with Crippen LogP contribution in [0.5, 0.6) is 0 Å². The summed E-state index contributed by atoms with van der Waals surface area (Å²) < 4.78 is 0. The predicted octanol–water partition coefficient (Wildman–Crippen LogP) is 1.58. The molecule has 0 heterocycles. The summed E-state index contributed by atoms with van der Waals surface area (Å²) in [4.78, 5) is 11.4. The van der Waals surface area contributed by atoms with Crippen molar-refractivity contribution in [1.29, 1.82) is 0 Å². The second-order valence-corrected chi connectivity index (χ2v) is 4.80. The van der Waals surface area contributed by atoms with Crippen molar-refractivity contribution in [2.24, 2.45) is 5.73 Å². The number of hydrogen-bond donors (Lipinski definition) is 4. The minimum absolute atomic E-state index is 0.0366. The zero-order valence-corrected chi connectivity index (χ0v) is 12.5. The molecule has 0 aromatic rings. The lowest BCUT2D eigenvalue weighted by molar-refractivity contribution is 0.240. The Morgan fingerprint density at radius 2 is 1.37 bits per heavy atom. The average molecular weight is 272 g/mol. The number of amides is 2. The van der Waals surface area contributed by atoms with Gasteiger partial charge in [-0.2, -0.15) is 0 Å². The highest BCUT2D eigenvalue weighted by Crippen LogP contribution is 1.96. The van der Waals surface area contributed by atoms with Crippen molar-refractivity contribution in [3.8, 4) is 0 Å². The van der Waals surface area contributed by atoms with Gasteiger partial charge in [-0.3, -0.25) is 0 Å². The fraction of sp³-hybridized carbons (Fsp3) is 0.929. The van der Waals surface area contributed by atoms with Gasteiger partial charge in [-0.15, -0.1) is 0 Å². The summed E-state index contributed by atoms with van der Waals surface area (Å²) >= 11 is 0. The van der Waals surface area contributed by atoms with E-state index in [1.807, 2.05) is 0 Å². The van der Waals surface area contributed by atoms with Gasteiger partial charge in [-0.25, -0.2) is 4.79 Å². The van der Waals surface area contributed by atoms with Crippen LogP contribution in [0.4, 0.5) is 4.79 Å². The Morgan fingerprint density at radius 3 is 1.95 bits per heavy atom. The van der Waals surface area contributed by atoms with Crippen molar-refractivity contribution in [2.75, 3.05) is 32.7 Å². The van der Waals surface area contributed by atoms with Crippen LogP contribution in [-0.4, -0.2) is 38.8 Å². The normalized spacial score (nSPS) is 10.4. The molecule has 0 unspecified atom stereocenters. The van der Waals surface area contributed by atoms with Crippen LogP contribution in [0, 0.1) is 0 Å². The van der Waals surface area contributed by atoms with E-state index >= 15 is 0 Å². The maximum Gasteiger partial charge on any atom is 0.314 e. The van der Waals surface area contributed by atoms with E-state index in [1.54, 1.807) is 0 Å². The summed E-state index contributed by atoms with van der Waals surface area (Å²) in [6.45, 7) is 6.52. The Balaban J connectivity index is 3.13. The van der Waals surface area contributed by atoms with Gasteiger partial charge in [-0.05, 0) is 45.3 Å². The quantitative estimate of drug-likeness (QED) is 0.384. The van der Waals surface area contributed by atoms with E-state index in [1.165, 1.54) is 6.42 Å². The summed E-state index contributed by atoms with van der Waals surface area (Å²) in [5.41, 5.74) is 5.41. The first-order valence-electron chi connectivity index (χ1n) is 7.73. The molecule has 0 saturated carbocycles. The predicted molar refractivity (Wildman–Crippen MR) is 81.3 cm³/mol. The highest BCUT2D eigenvalue weighted by molar-refractivity contribution is 5.73. The zero-order chi connectivity index (χ0) is 14.2. The summed E-state index contributed by atoms with van der Waals surface area (Å²) in [7, 11) is 0. The lowest BCUT2D eigenvalue weighted by atomic mass is 10.2. The number of urea groups is 1. The van der Waals surface area contributed by atoms with Crippen LogP contribution in [0.25, 0.3) is 0 Å². The molecule has 5 N–H and O–H groups in total. The summed E-state index contributed by atoms with van der Waals surface area (Å²) in [6.07, 6.45) is 7.81. The van der Waals surface area contributed by atoms with Crippen molar-refractivity contribution in [3.05, 3.63) is 0 Å². The number of unbranched alkanes of at least 4 members (excludes halogenated alkanes) is 5. The van der Waals surface area contributed by atoms with Gasteiger partial charge in [0.1, 0.15) is 0 Å². The first-order chi connectivity index (χ1) is 9.31. The van der Waals surface area contributed by atoms with Crippen LogP contribution >= 0.6 is 0 Å². The van der Waals surface area contributed by atoms with Gasteiger partial charge < -0.3 is 21.7 Å². The minimum Gasteiger partial charge on any atom is -0.338 e. The summed E-state index contributed by atoms with van der Waals surface area (Å²) in [5, 5.41) is 9.05. The highest BCUT2D eigenvalue weighted by Gasteiger charge is 1.98. The van der Waals surface area contributed by atoms with Gasteiger partial charge in [0.2, 0.25) is 0 Å². The van der Waals surface area contributed by atoms with Crippen molar-refractivity contribution in [3.63, 3.8) is 0 Å². The number of carbonyl (C=O) groups is 1. The Morgan fingerprint density at radius 1 is 0.842 bits per heavy atom. The van der Waals surface area contributed by atoms with Gasteiger partial charge >= 0.3 is 6.03 Å². The molecule has 0 aliphatic carbocycles. The molecule has 2 amide bonds. The number of nitrogens with two attached hydrogens (primary N) is 1. The number of rotatable bonds is 13. The first-order valence-corrected chi connectivity index (χ1v) is 7.73. The molecule has 0 bridgehead atoms. The van der Waals surface area contributed by atoms with Crippen LogP contribution in [0.2, 0.25) is 0 Å². The van der Waals surface area contributed by atoms with Gasteiger partial charge in [0.25, 0.3) is 0 Å². The molecule has 114 valence electrons. The van der Waals surface area contributed by atoms with E-state index in [-0.39, 0.29) is 6.03 Å². The second kappa shape index (κ2) is 15.2. The fourth-order valence-corrected chi connectivity index (χ4v) is 1.82. The average Bonchev–Trinajstić information content (AvgIpc) is 2.41. The summed E-state index contributed by atoms with van der Waals surface area (Å²) in [6, 6.07) is -0.0366. The Labute approximate surface area is 118 Å². The number of nitrogens with one attached hydrogen (secondary N) is 3. The molecule has 0 atom stereocenters. The molecule has 5 nitrogen and oxygen atoms in total. The molecule has 0 saturated heterocycles. The van der Waals surface area contributed by atoms with Crippen molar-refractivity contribution >= 4 is 6.03 Å². The molecule has 0 aliphatic rings. The molecule has 0 spiro atoms. The third-order valence-corrected chi connectivity index (χ3v) is 2.98. The van der Waals surface area contributed by atoms with E-state index in [0.717, 1.165) is 71.2 Å². The van der Waals surface area contributed by atoms with Crippen molar-refractivity contribution in [2.45, 2.75) is 51.9 Å². The summed E-state index contributed by atoms with van der Waals surface area (Å²) in [5.74, 6) is 0. The van der Waals surface area contributed by atoms with E-state index in [2.05, 4.69) is 22.9 Å². The first kappa shape index (κ1) is 18.2. The van der Waals surface area contributed by atoms with Crippen LogP contribution in [-0.2, 0) is 0 Å². The number of hydrogen-bond acceptors (Lipinski definition) is 3. The topological polar surface area (TPSA) is 79.2 Å². The van der Waals surface area contributed by atoms with E-state index in [4.69, 9.17) is 5.73 Å². The zero-order valence-electron chi connectivity index (χ0n) is 12.5. The third-order valence-electron chi connectivity index (χ3n) is 2.98. The second-order valence-electron chi connectivity index (χ2n) is 4.80. The molecule has 5 heteroatoms. The smallest absolute Gasteiger partial charge is 0.314 e. The van der Waals surface area contributed by atoms with Crippen LogP contribution in [0.1, 0.15) is 51.9 Å². The van der Waals surface area contributed by atoms with Crippen molar-refractivity contribution in [1.82, 2.24) is 16.0 Å².